The van der Waals surface area contributed by atoms with E-state index in [1.54, 1.807) is 6.92 Å². The number of carboxylic acid groups (broad SMARTS) is 1. The molecule has 0 aliphatic rings. The lowest BCUT2D eigenvalue weighted by Crippen LogP contribution is -2.44. The van der Waals surface area contributed by atoms with E-state index in [-0.39, 0.29) is 5.92 Å². The van der Waals surface area contributed by atoms with Gasteiger partial charge < -0.3 is 9.84 Å². The first-order chi connectivity index (χ1) is 5.49. The van der Waals surface area contributed by atoms with E-state index < -0.39 is 11.6 Å². The fraction of sp³-hybridized carbons (Fsp3) is 0.889. The molecule has 0 aliphatic heterocycles. The van der Waals surface area contributed by atoms with Crippen molar-refractivity contribution in [1.29, 1.82) is 0 Å². The Labute approximate surface area is 73.7 Å². The van der Waals surface area contributed by atoms with E-state index in [0.29, 0.717) is 6.61 Å². The van der Waals surface area contributed by atoms with Gasteiger partial charge in [0.2, 0.25) is 0 Å². The zero-order chi connectivity index (χ0) is 9.78. The van der Waals surface area contributed by atoms with E-state index in [4.69, 9.17) is 9.84 Å². The smallest absolute Gasteiger partial charge is 0.335 e. The lowest BCUT2D eigenvalue weighted by Gasteiger charge is -2.30. The Morgan fingerprint density at radius 2 is 2.08 bits per heavy atom. The van der Waals surface area contributed by atoms with Gasteiger partial charge in [0.15, 0.2) is 5.60 Å². The van der Waals surface area contributed by atoms with Crippen LogP contribution in [-0.4, -0.2) is 23.3 Å². The lowest BCUT2D eigenvalue weighted by atomic mass is 9.88. The minimum atomic E-state index is -1.02. The molecule has 0 saturated carbocycles. The molecule has 0 aromatic rings. The van der Waals surface area contributed by atoms with Gasteiger partial charge in [0.1, 0.15) is 0 Å². The highest BCUT2D eigenvalue weighted by Gasteiger charge is 2.38. The van der Waals surface area contributed by atoms with Crippen LogP contribution in [0.25, 0.3) is 0 Å². The highest BCUT2D eigenvalue weighted by molar-refractivity contribution is 5.77. The van der Waals surface area contributed by atoms with Crippen LogP contribution in [0, 0.1) is 5.92 Å². The molecule has 2 atom stereocenters. The van der Waals surface area contributed by atoms with Crippen LogP contribution >= 0.6 is 0 Å². The van der Waals surface area contributed by atoms with Gasteiger partial charge in [0.25, 0.3) is 0 Å². The lowest BCUT2D eigenvalue weighted by molar-refractivity contribution is -0.170. The molecule has 0 aromatic heterocycles. The summed E-state index contributed by atoms with van der Waals surface area (Å²) in [7, 11) is 0. The second kappa shape index (κ2) is 4.45. The molecule has 0 heterocycles. The van der Waals surface area contributed by atoms with Gasteiger partial charge in [-0.3, -0.25) is 0 Å². The number of aliphatic carboxylic acids is 1. The number of ether oxygens (including phenoxy) is 1. The molecule has 0 aliphatic carbocycles. The molecule has 0 amide bonds. The zero-order valence-corrected chi connectivity index (χ0v) is 8.26. The van der Waals surface area contributed by atoms with Gasteiger partial charge in [0, 0.05) is 6.61 Å². The van der Waals surface area contributed by atoms with Crippen LogP contribution in [0.3, 0.4) is 0 Å². The molecule has 0 spiro atoms. The maximum atomic E-state index is 10.9. The molecule has 0 rings (SSSR count). The van der Waals surface area contributed by atoms with Gasteiger partial charge in [-0.25, -0.2) is 4.79 Å². The Morgan fingerprint density at radius 3 is 2.33 bits per heavy atom. The van der Waals surface area contributed by atoms with Crippen LogP contribution in [0.5, 0.6) is 0 Å². The van der Waals surface area contributed by atoms with Gasteiger partial charge >= 0.3 is 5.97 Å². The second-order valence-electron chi connectivity index (χ2n) is 3.15. The molecular formula is C9H18O3. The van der Waals surface area contributed by atoms with Gasteiger partial charge in [-0.2, -0.15) is 0 Å². The average Bonchev–Trinajstić information content (AvgIpc) is 2.03. The highest BCUT2D eigenvalue weighted by atomic mass is 16.5. The monoisotopic (exact) mass is 174 g/mol. The first kappa shape index (κ1) is 11.4. The molecule has 1 N–H and O–H groups in total. The zero-order valence-electron chi connectivity index (χ0n) is 8.26. The molecule has 12 heavy (non-hydrogen) atoms. The molecular weight excluding hydrogens is 156 g/mol. The largest absolute Gasteiger partial charge is 0.479 e. The Kier molecular flexibility index (Phi) is 4.24. The predicted octanol–water partition coefficient (Wildman–Crippen LogP) is 1.91. The van der Waals surface area contributed by atoms with Crippen LogP contribution in [0.4, 0.5) is 0 Å². The maximum Gasteiger partial charge on any atom is 0.335 e. The van der Waals surface area contributed by atoms with Crippen molar-refractivity contribution in [1.82, 2.24) is 0 Å². The predicted molar refractivity (Wildman–Crippen MR) is 47.1 cm³/mol. The standard InChI is InChI=1S/C9H18O3/c1-5-7(3)9(4,8(10)11)12-6-2/h7H,5-6H2,1-4H3,(H,10,11). The third-order valence-corrected chi connectivity index (χ3v) is 2.42. The number of hydrogen-bond acceptors (Lipinski definition) is 2. The molecule has 0 saturated heterocycles. The van der Waals surface area contributed by atoms with Crippen molar-refractivity contribution in [3.8, 4) is 0 Å². The van der Waals surface area contributed by atoms with E-state index in [9.17, 15) is 4.79 Å². The summed E-state index contributed by atoms with van der Waals surface area (Å²) in [6, 6.07) is 0. The van der Waals surface area contributed by atoms with E-state index >= 15 is 0 Å². The van der Waals surface area contributed by atoms with Crippen molar-refractivity contribution in [2.45, 2.75) is 39.7 Å². The first-order valence-corrected chi connectivity index (χ1v) is 4.36. The fourth-order valence-electron chi connectivity index (χ4n) is 1.10. The van der Waals surface area contributed by atoms with Crippen LogP contribution < -0.4 is 0 Å². The van der Waals surface area contributed by atoms with Gasteiger partial charge in [-0.1, -0.05) is 20.3 Å². The summed E-state index contributed by atoms with van der Waals surface area (Å²) < 4.78 is 5.24. The van der Waals surface area contributed by atoms with Crippen molar-refractivity contribution in [2.24, 2.45) is 5.92 Å². The molecule has 0 aromatic carbocycles. The Hall–Kier alpha value is -0.570. The Morgan fingerprint density at radius 1 is 1.58 bits per heavy atom. The van der Waals surface area contributed by atoms with Crippen molar-refractivity contribution < 1.29 is 14.6 Å². The quantitative estimate of drug-likeness (QED) is 0.692. The average molecular weight is 174 g/mol. The second-order valence-corrected chi connectivity index (χ2v) is 3.15. The van der Waals surface area contributed by atoms with Gasteiger partial charge in [-0.15, -0.1) is 0 Å². The fourth-order valence-corrected chi connectivity index (χ4v) is 1.10. The van der Waals surface area contributed by atoms with Gasteiger partial charge in [0.05, 0.1) is 0 Å². The SMILES string of the molecule is CCOC(C)(C(=O)O)C(C)CC. The summed E-state index contributed by atoms with van der Waals surface area (Å²) >= 11 is 0. The molecule has 72 valence electrons. The van der Waals surface area contributed by atoms with Gasteiger partial charge in [-0.05, 0) is 19.8 Å². The van der Waals surface area contributed by atoms with E-state index in [0.717, 1.165) is 6.42 Å². The van der Waals surface area contributed by atoms with Crippen molar-refractivity contribution >= 4 is 5.97 Å². The molecule has 2 unspecified atom stereocenters. The van der Waals surface area contributed by atoms with E-state index in [1.807, 2.05) is 20.8 Å². The van der Waals surface area contributed by atoms with Crippen LogP contribution in [0.2, 0.25) is 0 Å². The number of carboxylic acids is 1. The summed E-state index contributed by atoms with van der Waals surface area (Å²) in [5.41, 5.74) is -1.02. The topological polar surface area (TPSA) is 46.5 Å². The summed E-state index contributed by atoms with van der Waals surface area (Å²) in [6.45, 7) is 7.73. The molecule has 0 fully saturated rings. The summed E-state index contributed by atoms with van der Waals surface area (Å²) in [4.78, 5) is 10.9. The minimum absolute atomic E-state index is 0.0370. The highest BCUT2D eigenvalue weighted by Crippen LogP contribution is 2.24. The molecule has 0 bridgehead atoms. The summed E-state index contributed by atoms with van der Waals surface area (Å²) in [6.07, 6.45) is 0.808. The number of carbonyl (C=O) groups is 1. The maximum absolute atomic E-state index is 10.9. The summed E-state index contributed by atoms with van der Waals surface area (Å²) in [5.74, 6) is -0.839. The third kappa shape index (κ3) is 2.21. The molecule has 3 heteroatoms. The number of rotatable bonds is 5. The Bertz CT molecular complexity index is 156. The summed E-state index contributed by atoms with van der Waals surface area (Å²) in [5, 5.41) is 8.94. The van der Waals surface area contributed by atoms with Crippen LogP contribution in [0.1, 0.15) is 34.1 Å². The molecule has 0 radical (unpaired) electrons. The normalized spacial score (nSPS) is 18.3. The van der Waals surface area contributed by atoms with E-state index in [2.05, 4.69) is 0 Å². The van der Waals surface area contributed by atoms with Crippen LogP contribution in [-0.2, 0) is 9.53 Å². The number of hydrogen-bond donors (Lipinski definition) is 1. The van der Waals surface area contributed by atoms with Crippen molar-refractivity contribution in [2.75, 3.05) is 6.61 Å². The van der Waals surface area contributed by atoms with Crippen molar-refractivity contribution in [3.05, 3.63) is 0 Å². The van der Waals surface area contributed by atoms with E-state index in [1.165, 1.54) is 0 Å². The van der Waals surface area contributed by atoms with Crippen molar-refractivity contribution in [3.63, 3.8) is 0 Å². The Balaban J connectivity index is 4.48. The minimum Gasteiger partial charge on any atom is -0.479 e. The first-order valence-electron chi connectivity index (χ1n) is 4.36. The van der Waals surface area contributed by atoms with Crippen LogP contribution in [0.15, 0.2) is 0 Å². The molecule has 3 nitrogen and oxygen atoms in total. The third-order valence-electron chi connectivity index (χ3n) is 2.42.